The van der Waals surface area contributed by atoms with E-state index >= 15 is 0 Å². The van der Waals surface area contributed by atoms with Gasteiger partial charge in [-0.15, -0.1) is 0 Å². The summed E-state index contributed by atoms with van der Waals surface area (Å²) in [5.74, 6) is -0.356. The number of hydrogen-bond acceptors (Lipinski definition) is 4. The van der Waals surface area contributed by atoms with Crippen LogP contribution in [0.2, 0.25) is 0 Å². The van der Waals surface area contributed by atoms with E-state index in [2.05, 4.69) is 46.7 Å². The van der Waals surface area contributed by atoms with Crippen LogP contribution in [0, 0.1) is 0 Å². The minimum atomic E-state index is -0.870. The molecule has 0 amide bonds. The molecule has 5 rings (SSSR count). The van der Waals surface area contributed by atoms with Gasteiger partial charge >= 0.3 is 5.97 Å². The van der Waals surface area contributed by atoms with Gasteiger partial charge in [0.25, 0.3) is 0 Å². The first-order valence-corrected chi connectivity index (χ1v) is 14.6. The Morgan fingerprint density at radius 2 is 1.79 bits per heavy atom. The van der Waals surface area contributed by atoms with E-state index in [9.17, 15) is 9.90 Å². The fourth-order valence-corrected chi connectivity index (χ4v) is 6.31. The van der Waals surface area contributed by atoms with Gasteiger partial charge in [-0.3, -0.25) is 0 Å². The highest BCUT2D eigenvalue weighted by Gasteiger charge is 2.30. The van der Waals surface area contributed by atoms with Gasteiger partial charge in [-0.25, -0.2) is 4.79 Å². The summed E-state index contributed by atoms with van der Waals surface area (Å²) in [6, 6.07) is 14.5. The van der Waals surface area contributed by atoms with Crippen LogP contribution in [0.3, 0.4) is 0 Å². The Labute approximate surface area is 226 Å². The van der Waals surface area contributed by atoms with Crippen molar-refractivity contribution in [1.82, 2.24) is 4.57 Å². The number of unbranched alkanes of at least 4 members (excludes halogenated alkanes) is 1. The van der Waals surface area contributed by atoms with Gasteiger partial charge in [0.05, 0.1) is 17.9 Å². The van der Waals surface area contributed by atoms with E-state index in [1.54, 1.807) is 6.07 Å². The molecule has 0 saturated heterocycles. The lowest BCUT2D eigenvalue weighted by Gasteiger charge is -2.26. The number of aromatic carboxylic acids is 1. The monoisotopic (exact) mass is 518 g/mol. The van der Waals surface area contributed by atoms with Crippen molar-refractivity contribution in [3.8, 4) is 11.3 Å². The van der Waals surface area contributed by atoms with Crippen molar-refractivity contribution in [2.75, 3.05) is 31.2 Å². The molecule has 0 bridgehead atoms. The molecule has 0 radical (unpaired) electrons. The number of anilines is 1. The van der Waals surface area contributed by atoms with E-state index in [1.807, 2.05) is 13.0 Å². The molecule has 1 saturated carbocycles. The van der Waals surface area contributed by atoms with Crippen LogP contribution in [0.15, 0.2) is 42.5 Å². The topological polar surface area (TPSA) is 63.9 Å². The van der Waals surface area contributed by atoms with E-state index in [4.69, 9.17) is 9.47 Å². The van der Waals surface area contributed by atoms with Crippen molar-refractivity contribution >= 4 is 22.6 Å². The molecule has 2 aliphatic rings. The SMILES string of the molecule is CCCCOC(C)OCCCN1CCn2c(c(C3CCCCC3)c3ccc(C(=O)O)cc32)-c2ccccc21. The van der Waals surface area contributed by atoms with Gasteiger partial charge < -0.3 is 24.0 Å². The number of benzene rings is 2. The first-order chi connectivity index (χ1) is 18.6. The van der Waals surface area contributed by atoms with Crippen LogP contribution >= 0.6 is 0 Å². The summed E-state index contributed by atoms with van der Waals surface area (Å²) in [6.45, 7) is 8.16. The number of hydrogen-bond donors (Lipinski definition) is 1. The molecule has 1 fully saturated rings. The molecule has 204 valence electrons. The Morgan fingerprint density at radius 1 is 1.03 bits per heavy atom. The zero-order valence-electron chi connectivity index (χ0n) is 23.0. The van der Waals surface area contributed by atoms with Gasteiger partial charge in [-0.1, -0.05) is 56.9 Å². The number of ether oxygens (including phenoxy) is 2. The van der Waals surface area contributed by atoms with E-state index in [0.29, 0.717) is 18.1 Å². The first-order valence-electron chi connectivity index (χ1n) is 14.6. The second kappa shape index (κ2) is 12.4. The van der Waals surface area contributed by atoms with Crippen molar-refractivity contribution in [2.45, 2.75) is 84.0 Å². The largest absolute Gasteiger partial charge is 0.478 e. The van der Waals surface area contributed by atoms with Gasteiger partial charge in [0.15, 0.2) is 6.29 Å². The molecule has 6 heteroatoms. The van der Waals surface area contributed by atoms with Gasteiger partial charge in [0.1, 0.15) is 0 Å². The molecular weight excluding hydrogens is 476 g/mol. The number of nitrogens with zero attached hydrogens (tertiary/aromatic N) is 2. The van der Waals surface area contributed by atoms with Gasteiger partial charge in [0.2, 0.25) is 0 Å². The summed E-state index contributed by atoms with van der Waals surface area (Å²) in [7, 11) is 0. The number of fused-ring (bicyclic) bond motifs is 5. The van der Waals surface area contributed by atoms with Crippen LogP contribution in [0.4, 0.5) is 5.69 Å². The minimum Gasteiger partial charge on any atom is -0.478 e. The van der Waals surface area contributed by atoms with Crippen molar-refractivity contribution in [3.63, 3.8) is 0 Å². The maximum atomic E-state index is 11.9. The van der Waals surface area contributed by atoms with Crippen LogP contribution in [-0.4, -0.2) is 48.2 Å². The maximum Gasteiger partial charge on any atom is 0.335 e. The summed E-state index contributed by atoms with van der Waals surface area (Å²) in [5, 5.41) is 11.0. The Balaban J connectivity index is 1.45. The Hall–Kier alpha value is -2.83. The maximum absolute atomic E-state index is 11.9. The van der Waals surface area contributed by atoms with E-state index < -0.39 is 5.97 Å². The molecule has 0 spiro atoms. The fraction of sp³-hybridized carbons (Fsp3) is 0.531. The van der Waals surface area contributed by atoms with E-state index in [1.165, 1.54) is 60.0 Å². The molecule has 6 nitrogen and oxygen atoms in total. The number of carboxylic acids is 1. The molecular formula is C32H42N2O4. The summed E-state index contributed by atoms with van der Waals surface area (Å²) < 4.78 is 14.1. The summed E-state index contributed by atoms with van der Waals surface area (Å²) in [5.41, 5.74) is 6.65. The molecule has 2 heterocycles. The molecule has 1 aliphatic carbocycles. The van der Waals surface area contributed by atoms with Crippen molar-refractivity contribution < 1.29 is 19.4 Å². The van der Waals surface area contributed by atoms with Crippen LogP contribution < -0.4 is 4.90 Å². The zero-order valence-corrected chi connectivity index (χ0v) is 23.0. The lowest BCUT2D eigenvalue weighted by Crippen LogP contribution is -2.28. The second-order valence-electron chi connectivity index (χ2n) is 10.8. The predicted molar refractivity (Wildman–Crippen MR) is 153 cm³/mol. The fourth-order valence-electron chi connectivity index (χ4n) is 6.31. The predicted octanol–water partition coefficient (Wildman–Crippen LogP) is 7.44. The highest BCUT2D eigenvalue weighted by atomic mass is 16.7. The van der Waals surface area contributed by atoms with Gasteiger partial charge in [-0.05, 0) is 62.3 Å². The molecule has 1 atom stereocenters. The number of aromatic nitrogens is 1. The number of rotatable bonds is 11. The Morgan fingerprint density at radius 3 is 2.55 bits per heavy atom. The molecule has 1 unspecified atom stereocenters. The second-order valence-corrected chi connectivity index (χ2v) is 10.8. The summed E-state index contributed by atoms with van der Waals surface area (Å²) >= 11 is 0. The quantitative estimate of drug-likeness (QED) is 0.211. The molecule has 1 aliphatic heterocycles. The van der Waals surface area contributed by atoms with Gasteiger partial charge in [-0.2, -0.15) is 0 Å². The molecule has 1 N–H and O–H groups in total. The molecule has 2 aromatic carbocycles. The summed E-state index contributed by atoms with van der Waals surface area (Å²) in [6.07, 6.45) is 9.17. The highest BCUT2D eigenvalue weighted by Crippen LogP contribution is 2.47. The normalized spacial score (nSPS) is 16.7. The number of carbonyl (C=O) groups is 1. The third kappa shape index (κ3) is 5.62. The van der Waals surface area contributed by atoms with Crippen LogP contribution in [0.1, 0.15) is 87.1 Å². The van der Waals surface area contributed by atoms with Gasteiger partial charge in [0, 0.05) is 48.4 Å². The van der Waals surface area contributed by atoms with Crippen LogP contribution in [0.25, 0.3) is 22.2 Å². The van der Waals surface area contributed by atoms with E-state index in [0.717, 1.165) is 51.0 Å². The first kappa shape index (κ1) is 26.8. The highest BCUT2D eigenvalue weighted by molar-refractivity contribution is 5.99. The lowest BCUT2D eigenvalue weighted by molar-refractivity contribution is -0.131. The van der Waals surface area contributed by atoms with Crippen molar-refractivity contribution in [3.05, 3.63) is 53.6 Å². The number of para-hydroxylation sites is 1. The third-order valence-electron chi connectivity index (χ3n) is 8.23. The molecule has 3 aromatic rings. The average Bonchev–Trinajstić information content (AvgIpc) is 3.17. The Bertz CT molecular complexity index is 1240. The molecule has 38 heavy (non-hydrogen) atoms. The molecule has 1 aromatic heterocycles. The summed E-state index contributed by atoms with van der Waals surface area (Å²) in [4.78, 5) is 14.3. The number of carboxylic acid groups (broad SMARTS) is 1. The lowest BCUT2D eigenvalue weighted by atomic mass is 9.81. The third-order valence-corrected chi connectivity index (χ3v) is 8.23. The smallest absolute Gasteiger partial charge is 0.335 e. The standard InChI is InChI=1S/C32H42N2O4/c1-3-4-20-37-23(2)38-21-10-17-33-18-19-34-29-22-25(32(35)36)15-16-26(29)30(24-11-6-5-7-12-24)31(34)27-13-8-9-14-28(27)33/h8-9,13-16,22-24H,3-7,10-12,17-21H2,1-2H3,(H,35,36). The van der Waals surface area contributed by atoms with Crippen LogP contribution in [-0.2, 0) is 16.0 Å². The minimum absolute atomic E-state index is 0.174. The van der Waals surface area contributed by atoms with Crippen molar-refractivity contribution in [2.24, 2.45) is 0 Å². The van der Waals surface area contributed by atoms with E-state index in [-0.39, 0.29) is 6.29 Å². The Kier molecular flexibility index (Phi) is 8.70. The average molecular weight is 519 g/mol. The van der Waals surface area contributed by atoms with Crippen LogP contribution in [0.5, 0.6) is 0 Å². The zero-order chi connectivity index (χ0) is 26.5. The van der Waals surface area contributed by atoms with Crippen molar-refractivity contribution in [1.29, 1.82) is 0 Å².